The van der Waals surface area contributed by atoms with Gasteiger partial charge in [-0.25, -0.2) is 18.4 Å². The molecule has 0 saturated carbocycles. The quantitative estimate of drug-likeness (QED) is 0.707. The number of fused-ring (bicyclic) bond motifs is 1. The molecule has 0 spiro atoms. The van der Waals surface area contributed by atoms with Crippen LogP contribution in [0.3, 0.4) is 0 Å². The highest BCUT2D eigenvalue weighted by atomic mass is 32.2. The van der Waals surface area contributed by atoms with Gasteiger partial charge in [0.25, 0.3) is 0 Å². The molecule has 0 N–H and O–H groups in total. The zero-order valence-corrected chi connectivity index (χ0v) is 15.0. The molecule has 1 atom stereocenters. The summed E-state index contributed by atoms with van der Waals surface area (Å²) in [5.74, 6) is 0.467. The molecule has 0 aliphatic carbocycles. The number of sulfonamides is 1. The predicted octanol–water partition coefficient (Wildman–Crippen LogP) is 2.86. The van der Waals surface area contributed by atoms with Crippen LogP contribution >= 0.6 is 0 Å². The first-order valence-corrected chi connectivity index (χ1v) is 9.99. The largest absolute Gasteiger partial charge is 0.473 e. The minimum atomic E-state index is -3.59. The highest BCUT2D eigenvalue weighted by Crippen LogP contribution is 2.28. The third-order valence-corrected chi connectivity index (χ3v) is 6.47. The third kappa shape index (κ3) is 3.27. The van der Waals surface area contributed by atoms with Gasteiger partial charge in [-0.15, -0.1) is 0 Å². The van der Waals surface area contributed by atoms with Crippen LogP contribution in [0, 0.1) is 0 Å². The minimum absolute atomic E-state index is 0.219. The molecule has 2 aromatic carbocycles. The first-order valence-electron chi connectivity index (χ1n) is 8.55. The Kier molecular flexibility index (Phi) is 4.57. The summed E-state index contributed by atoms with van der Waals surface area (Å²) in [7, 11) is -3.59. The highest BCUT2D eigenvalue weighted by Gasteiger charge is 2.32. The molecule has 0 amide bonds. The molecule has 6 nitrogen and oxygen atoms in total. The summed E-state index contributed by atoms with van der Waals surface area (Å²) < 4.78 is 33.9. The Morgan fingerprint density at radius 1 is 1.08 bits per heavy atom. The van der Waals surface area contributed by atoms with Crippen molar-refractivity contribution in [3.63, 3.8) is 0 Å². The topological polar surface area (TPSA) is 72.4 Å². The summed E-state index contributed by atoms with van der Waals surface area (Å²) in [5, 5.41) is 1.66. The molecule has 1 aromatic heterocycles. The molecule has 2 heterocycles. The number of hydrogen-bond donors (Lipinski definition) is 0. The van der Waals surface area contributed by atoms with Crippen LogP contribution in [-0.4, -0.2) is 41.9 Å². The monoisotopic (exact) mass is 369 g/mol. The molecule has 0 radical (unpaired) electrons. The van der Waals surface area contributed by atoms with Crippen molar-refractivity contribution in [2.75, 3.05) is 13.1 Å². The normalized spacial score (nSPS) is 18.7. The van der Waals surface area contributed by atoms with Crippen LogP contribution in [-0.2, 0) is 10.0 Å². The van der Waals surface area contributed by atoms with E-state index in [0.29, 0.717) is 23.9 Å². The highest BCUT2D eigenvalue weighted by molar-refractivity contribution is 7.89. The zero-order chi connectivity index (χ0) is 18.0. The van der Waals surface area contributed by atoms with Crippen LogP contribution in [0.5, 0.6) is 5.88 Å². The molecule has 1 aliphatic rings. The van der Waals surface area contributed by atoms with Crippen LogP contribution < -0.4 is 4.74 Å². The van der Waals surface area contributed by atoms with Gasteiger partial charge < -0.3 is 4.74 Å². The van der Waals surface area contributed by atoms with E-state index in [1.807, 2.05) is 30.3 Å². The number of aromatic nitrogens is 2. The van der Waals surface area contributed by atoms with Crippen molar-refractivity contribution in [3.8, 4) is 5.88 Å². The van der Waals surface area contributed by atoms with Crippen LogP contribution in [0.15, 0.2) is 66.0 Å². The Bertz CT molecular complexity index is 1000. The number of benzene rings is 2. The van der Waals surface area contributed by atoms with Gasteiger partial charge in [-0.05, 0) is 24.3 Å². The number of ether oxygens (including phenoxy) is 1. The van der Waals surface area contributed by atoms with Crippen LogP contribution in [0.2, 0.25) is 0 Å². The van der Waals surface area contributed by atoms with E-state index in [2.05, 4.69) is 9.97 Å². The third-order valence-electron chi connectivity index (χ3n) is 4.55. The Labute approximate surface area is 152 Å². The number of hydrogen-bond acceptors (Lipinski definition) is 5. The van der Waals surface area contributed by atoms with E-state index >= 15 is 0 Å². The summed E-state index contributed by atoms with van der Waals surface area (Å²) in [5.41, 5.74) is 0. The van der Waals surface area contributed by atoms with E-state index < -0.39 is 10.0 Å². The van der Waals surface area contributed by atoms with Crippen molar-refractivity contribution < 1.29 is 13.2 Å². The molecule has 4 rings (SSSR count). The number of rotatable bonds is 4. The van der Waals surface area contributed by atoms with E-state index in [1.54, 1.807) is 24.4 Å². The lowest BCUT2D eigenvalue weighted by atomic mass is 10.1. The van der Waals surface area contributed by atoms with E-state index in [0.717, 1.165) is 23.6 Å². The van der Waals surface area contributed by atoms with Gasteiger partial charge in [0.15, 0.2) is 0 Å². The summed E-state index contributed by atoms with van der Waals surface area (Å²) in [6.07, 6.45) is 4.35. The first-order chi connectivity index (χ1) is 12.6. The Hall–Kier alpha value is -2.51. The van der Waals surface area contributed by atoms with Gasteiger partial charge >= 0.3 is 0 Å². The van der Waals surface area contributed by atoms with Crippen molar-refractivity contribution in [3.05, 3.63) is 61.1 Å². The minimum Gasteiger partial charge on any atom is -0.473 e. The molecule has 7 heteroatoms. The predicted molar refractivity (Wildman–Crippen MR) is 98.4 cm³/mol. The second kappa shape index (κ2) is 7.01. The molecule has 1 unspecified atom stereocenters. The van der Waals surface area contributed by atoms with Crippen molar-refractivity contribution in [1.29, 1.82) is 0 Å². The second-order valence-corrected chi connectivity index (χ2v) is 8.18. The molecule has 3 aromatic rings. The van der Waals surface area contributed by atoms with Crippen LogP contribution in [0.4, 0.5) is 0 Å². The molecule has 0 bridgehead atoms. The first kappa shape index (κ1) is 16.9. The van der Waals surface area contributed by atoms with Gasteiger partial charge in [-0.1, -0.05) is 36.4 Å². The Morgan fingerprint density at radius 2 is 1.92 bits per heavy atom. The van der Waals surface area contributed by atoms with Crippen molar-refractivity contribution >= 4 is 20.8 Å². The lowest BCUT2D eigenvalue weighted by Gasteiger charge is -2.32. The van der Waals surface area contributed by atoms with Crippen molar-refractivity contribution in [2.45, 2.75) is 23.8 Å². The molecule has 1 saturated heterocycles. The van der Waals surface area contributed by atoms with Gasteiger partial charge in [0.1, 0.15) is 12.4 Å². The van der Waals surface area contributed by atoms with Crippen LogP contribution in [0.25, 0.3) is 10.8 Å². The van der Waals surface area contributed by atoms with E-state index in [4.69, 9.17) is 4.74 Å². The fourth-order valence-corrected chi connectivity index (χ4v) is 5.02. The molecular formula is C19H19N3O3S. The fourth-order valence-electron chi connectivity index (χ4n) is 3.30. The Balaban J connectivity index is 1.61. The van der Waals surface area contributed by atoms with E-state index in [-0.39, 0.29) is 6.10 Å². The molecule has 26 heavy (non-hydrogen) atoms. The van der Waals surface area contributed by atoms with Gasteiger partial charge in [0, 0.05) is 24.2 Å². The SMILES string of the molecule is O=S(=O)(c1cccc2ccccc12)N1CCCC(Oc2ccncn2)C1. The standard InChI is InChI=1S/C19H19N3O3S/c23-26(24,18-9-3-6-15-5-1-2-8-17(15)18)22-12-4-7-16(13-22)25-19-10-11-20-14-21-19/h1-3,5-6,8-11,14,16H,4,7,12-13H2. The summed E-state index contributed by atoms with van der Waals surface area (Å²) >= 11 is 0. The molecule has 1 aliphatic heterocycles. The summed E-state index contributed by atoms with van der Waals surface area (Å²) in [4.78, 5) is 8.27. The molecule has 1 fully saturated rings. The lowest BCUT2D eigenvalue weighted by molar-refractivity contribution is 0.124. The lowest BCUT2D eigenvalue weighted by Crippen LogP contribution is -2.44. The zero-order valence-electron chi connectivity index (χ0n) is 14.2. The second-order valence-electron chi connectivity index (χ2n) is 6.27. The summed E-state index contributed by atoms with van der Waals surface area (Å²) in [6, 6.07) is 14.6. The summed E-state index contributed by atoms with van der Waals surface area (Å²) in [6.45, 7) is 0.810. The maximum absolute atomic E-state index is 13.2. The van der Waals surface area contributed by atoms with Gasteiger partial charge in [-0.2, -0.15) is 4.31 Å². The van der Waals surface area contributed by atoms with Crippen LogP contribution in [0.1, 0.15) is 12.8 Å². The molecule has 134 valence electrons. The average molecular weight is 369 g/mol. The fraction of sp³-hybridized carbons (Fsp3) is 0.263. The van der Waals surface area contributed by atoms with E-state index in [9.17, 15) is 8.42 Å². The number of nitrogens with zero attached hydrogens (tertiary/aromatic N) is 3. The van der Waals surface area contributed by atoms with Crippen molar-refractivity contribution in [1.82, 2.24) is 14.3 Å². The van der Waals surface area contributed by atoms with Crippen molar-refractivity contribution in [2.24, 2.45) is 0 Å². The van der Waals surface area contributed by atoms with E-state index in [1.165, 1.54) is 10.6 Å². The Morgan fingerprint density at radius 3 is 2.77 bits per heavy atom. The van der Waals surface area contributed by atoms with Gasteiger partial charge in [-0.3, -0.25) is 0 Å². The smallest absolute Gasteiger partial charge is 0.243 e. The number of piperidine rings is 1. The molecular weight excluding hydrogens is 350 g/mol. The average Bonchev–Trinajstić information content (AvgIpc) is 2.68. The van der Waals surface area contributed by atoms with Gasteiger partial charge in [0.05, 0.1) is 11.4 Å². The van der Waals surface area contributed by atoms with Gasteiger partial charge in [0.2, 0.25) is 15.9 Å². The maximum Gasteiger partial charge on any atom is 0.243 e. The maximum atomic E-state index is 13.2.